The van der Waals surface area contributed by atoms with Gasteiger partial charge in [-0.05, 0) is 38.1 Å². The number of para-hydroxylation sites is 2. The maximum Gasteiger partial charge on any atom is 0.0689 e. The van der Waals surface area contributed by atoms with Crippen molar-refractivity contribution < 1.29 is 0 Å². The zero-order chi connectivity index (χ0) is 18.6. The molecule has 1 aliphatic heterocycles. The molecule has 5 nitrogen and oxygen atoms in total. The van der Waals surface area contributed by atoms with Crippen molar-refractivity contribution in [3.63, 3.8) is 0 Å². The fourth-order valence-corrected chi connectivity index (χ4v) is 3.51. The molecule has 5 heteroatoms. The van der Waals surface area contributed by atoms with E-state index in [-0.39, 0.29) is 0 Å². The number of anilines is 1. The van der Waals surface area contributed by atoms with Crippen molar-refractivity contribution in [1.82, 2.24) is 14.8 Å². The van der Waals surface area contributed by atoms with Crippen molar-refractivity contribution >= 4 is 11.9 Å². The minimum absolute atomic E-state index is 0.927. The Morgan fingerprint density at radius 2 is 1.41 bits per heavy atom. The van der Waals surface area contributed by atoms with Gasteiger partial charge in [0.25, 0.3) is 0 Å². The normalized spacial score (nSPS) is 14.9. The van der Waals surface area contributed by atoms with Gasteiger partial charge in [0.05, 0.1) is 36.4 Å². The average Bonchev–Trinajstić information content (AvgIpc) is 3.02. The second-order valence-electron chi connectivity index (χ2n) is 6.85. The highest BCUT2D eigenvalue weighted by Crippen LogP contribution is 2.18. The summed E-state index contributed by atoms with van der Waals surface area (Å²) in [6, 6.07) is 20.8. The molecule has 1 aliphatic rings. The zero-order valence-corrected chi connectivity index (χ0v) is 15.9. The van der Waals surface area contributed by atoms with Crippen molar-refractivity contribution in [2.75, 3.05) is 31.1 Å². The fourth-order valence-electron chi connectivity index (χ4n) is 3.51. The Hall–Kier alpha value is -3.08. The lowest BCUT2D eigenvalue weighted by Gasteiger charge is -2.34. The van der Waals surface area contributed by atoms with Gasteiger partial charge in [0.1, 0.15) is 0 Å². The number of piperazine rings is 1. The molecule has 1 saturated heterocycles. The molecule has 27 heavy (non-hydrogen) atoms. The quantitative estimate of drug-likeness (QED) is 0.667. The van der Waals surface area contributed by atoms with Gasteiger partial charge in [-0.25, -0.2) is 4.68 Å². The van der Waals surface area contributed by atoms with Gasteiger partial charge >= 0.3 is 0 Å². The van der Waals surface area contributed by atoms with Gasteiger partial charge in [-0.1, -0.05) is 36.4 Å². The Balaban J connectivity index is 1.44. The van der Waals surface area contributed by atoms with E-state index in [9.17, 15) is 0 Å². The number of hydrazone groups is 1. The van der Waals surface area contributed by atoms with Crippen LogP contribution >= 0.6 is 0 Å². The lowest BCUT2D eigenvalue weighted by molar-refractivity contribution is 0.272. The smallest absolute Gasteiger partial charge is 0.0689 e. The molecule has 0 aliphatic carbocycles. The van der Waals surface area contributed by atoms with E-state index in [1.165, 1.54) is 5.69 Å². The average molecular weight is 359 g/mol. The monoisotopic (exact) mass is 359 g/mol. The van der Waals surface area contributed by atoms with Crippen molar-refractivity contribution in [2.45, 2.75) is 13.8 Å². The van der Waals surface area contributed by atoms with Crippen LogP contribution in [0, 0.1) is 13.8 Å². The second-order valence-corrected chi connectivity index (χ2v) is 6.85. The molecule has 0 saturated carbocycles. The van der Waals surface area contributed by atoms with Crippen LogP contribution in [0.2, 0.25) is 0 Å². The largest absolute Gasteiger partial charge is 0.368 e. The lowest BCUT2D eigenvalue weighted by Crippen LogP contribution is -2.44. The van der Waals surface area contributed by atoms with Crippen LogP contribution in [0.25, 0.3) is 5.69 Å². The predicted molar refractivity (Wildman–Crippen MR) is 111 cm³/mol. The molecule has 138 valence electrons. The van der Waals surface area contributed by atoms with Gasteiger partial charge < -0.3 is 4.90 Å². The summed E-state index contributed by atoms with van der Waals surface area (Å²) < 4.78 is 1.99. The third-order valence-corrected chi connectivity index (χ3v) is 5.08. The summed E-state index contributed by atoms with van der Waals surface area (Å²) in [5.74, 6) is 0. The molecule has 0 N–H and O–H groups in total. The molecular weight excluding hydrogens is 334 g/mol. The van der Waals surface area contributed by atoms with Crippen LogP contribution in [-0.2, 0) is 0 Å². The third kappa shape index (κ3) is 3.72. The standard InChI is InChI=1S/C22H25N5/c1-18-22(19(2)27(24-18)21-11-7-4-8-12-21)17-23-26-15-13-25(14-16-26)20-9-5-3-6-10-20/h3-12,17H,13-16H2,1-2H3/b23-17-. The van der Waals surface area contributed by atoms with Gasteiger partial charge in [-0.3, -0.25) is 5.01 Å². The molecular formula is C22H25N5. The molecule has 1 fully saturated rings. The maximum absolute atomic E-state index is 4.74. The number of aromatic nitrogens is 2. The van der Waals surface area contributed by atoms with E-state index in [0.29, 0.717) is 0 Å². The minimum Gasteiger partial charge on any atom is -0.368 e. The second kappa shape index (κ2) is 7.66. The number of aryl methyl sites for hydroxylation is 1. The summed E-state index contributed by atoms with van der Waals surface area (Å²) in [4.78, 5) is 2.41. The first kappa shape index (κ1) is 17.3. The molecule has 4 rings (SSSR count). The highest BCUT2D eigenvalue weighted by molar-refractivity contribution is 5.82. The lowest BCUT2D eigenvalue weighted by atomic mass is 10.2. The molecule has 0 amide bonds. The highest BCUT2D eigenvalue weighted by atomic mass is 15.5. The van der Waals surface area contributed by atoms with Crippen LogP contribution in [0.1, 0.15) is 17.0 Å². The first-order valence-electron chi connectivity index (χ1n) is 9.43. The van der Waals surface area contributed by atoms with E-state index in [2.05, 4.69) is 59.3 Å². The number of benzene rings is 2. The Bertz CT molecular complexity index is 907. The van der Waals surface area contributed by atoms with Gasteiger partial charge in [-0.2, -0.15) is 10.2 Å². The molecule has 0 radical (unpaired) electrons. The third-order valence-electron chi connectivity index (χ3n) is 5.08. The van der Waals surface area contributed by atoms with Crippen LogP contribution in [0.3, 0.4) is 0 Å². The Morgan fingerprint density at radius 1 is 0.815 bits per heavy atom. The van der Waals surface area contributed by atoms with E-state index in [1.807, 2.05) is 36.0 Å². The highest BCUT2D eigenvalue weighted by Gasteiger charge is 2.16. The summed E-state index contributed by atoms with van der Waals surface area (Å²) in [6.45, 7) is 7.97. The van der Waals surface area contributed by atoms with Crippen LogP contribution in [-0.4, -0.2) is 47.2 Å². The van der Waals surface area contributed by atoms with E-state index < -0.39 is 0 Å². The van der Waals surface area contributed by atoms with Gasteiger partial charge in [0.15, 0.2) is 0 Å². The van der Waals surface area contributed by atoms with E-state index in [1.54, 1.807) is 0 Å². The Kier molecular flexibility index (Phi) is 4.92. The van der Waals surface area contributed by atoms with Crippen molar-refractivity contribution in [1.29, 1.82) is 0 Å². The summed E-state index contributed by atoms with van der Waals surface area (Å²) in [5, 5.41) is 11.6. The van der Waals surface area contributed by atoms with Crippen LogP contribution < -0.4 is 4.90 Å². The van der Waals surface area contributed by atoms with Crippen molar-refractivity contribution in [2.24, 2.45) is 5.10 Å². The van der Waals surface area contributed by atoms with Gasteiger partial charge in [0.2, 0.25) is 0 Å². The summed E-state index contributed by atoms with van der Waals surface area (Å²) in [7, 11) is 0. The topological polar surface area (TPSA) is 36.7 Å². The fraction of sp³-hybridized carbons (Fsp3) is 0.273. The summed E-state index contributed by atoms with van der Waals surface area (Å²) in [6.07, 6.45) is 1.97. The van der Waals surface area contributed by atoms with Crippen LogP contribution in [0.4, 0.5) is 5.69 Å². The zero-order valence-electron chi connectivity index (χ0n) is 15.9. The number of hydrogen-bond acceptors (Lipinski definition) is 4. The van der Waals surface area contributed by atoms with Crippen molar-refractivity contribution in [3.05, 3.63) is 77.6 Å². The molecule has 2 aromatic carbocycles. The number of hydrogen-bond donors (Lipinski definition) is 0. The van der Waals surface area contributed by atoms with E-state index in [4.69, 9.17) is 10.2 Å². The first-order valence-corrected chi connectivity index (χ1v) is 9.43. The molecule has 0 spiro atoms. The Morgan fingerprint density at radius 3 is 2.04 bits per heavy atom. The first-order chi connectivity index (χ1) is 13.2. The predicted octanol–water partition coefficient (Wildman–Crippen LogP) is 3.65. The SMILES string of the molecule is Cc1nn(-c2ccccc2)c(C)c1/C=N\N1CCN(c2ccccc2)CC1. The van der Waals surface area contributed by atoms with E-state index >= 15 is 0 Å². The molecule has 0 atom stereocenters. The number of rotatable bonds is 4. The molecule has 0 unspecified atom stereocenters. The summed E-state index contributed by atoms with van der Waals surface area (Å²) >= 11 is 0. The Labute approximate surface area is 160 Å². The number of nitrogens with zero attached hydrogens (tertiary/aromatic N) is 5. The minimum atomic E-state index is 0.927. The molecule has 1 aromatic heterocycles. The van der Waals surface area contributed by atoms with E-state index in [0.717, 1.165) is 48.8 Å². The molecule has 0 bridgehead atoms. The maximum atomic E-state index is 4.74. The van der Waals surface area contributed by atoms with Crippen LogP contribution in [0.5, 0.6) is 0 Å². The van der Waals surface area contributed by atoms with Gasteiger partial charge in [0, 0.05) is 24.3 Å². The summed E-state index contributed by atoms with van der Waals surface area (Å²) in [5.41, 5.74) is 5.59. The van der Waals surface area contributed by atoms with Gasteiger partial charge in [-0.15, -0.1) is 0 Å². The van der Waals surface area contributed by atoms with Crippen LogP contribution in [0.15, 0.2) is 65.8 Å². The molecule has 3 aromatic rings. The van der Waals surface area contributed by atoms with Crippen molar-refractivity contribution in [3.8, 4) is 5.69 Å². The molecule has 2 heterocycles.